The Morgan fingerprint density at radius 2 is 1.32 bits per heavy atom. The zero-order chi connectivity index (χ0) is 14.7. The molecule has 0 fully saturated rings. The van der Waals surface area contributed by atoms with Crippen LogP contribution >= 0.6 is 24.2 Å². The first kappa shape index (κ1) is 16.9. The Labute approximate surface area is 142 Å². The molecule has 1 aliphatic carbocycles. The van der Waals surface area contributed by atoms with Crippen LogP contribution in [0.25, 0.3) is 0 Å². The third-order valence-electron chi connectivity index (χ3n) is 4.35. The maximum absolute atomic E-state index is 12.5. The van der Waals surface area contributed by atoms with E-state index >= 15 is 0 Å². The molecule has 0 aromatic heterocycles. The van der Waals surface area contributed by atoms with Gasteiger partial charge in [0, 0.05) is 0 Å². The van der Waals surface area contributed by atoms with Crippen LogP contribution in [0.2, 0.25) is 0 Å². The molecule has 2 aromatic carbocycles. The molecule has 3 heteroatoms. The van der Waals surface area contributed by atoms with Crippen molar-refractivity contribution in [1.82, 2.24) is 0 Å². The molecule has 22 heavy (non-hydrogen) atoms. The fraction of sp³-hybridized carbons (Fsp3) is 0.105. The van der Waals surface area contributed by atoms with Crippen molar-refractivity contribution >= 4 is 40.6 Å². The Morgan fingerprint density at radius 1 is 0.818 bits per heavy atom. The molecule has 0 spiro atoms. The van der Waals surface area contributed by atoms with Gasteiger partial charge in [-0.15, -0.1) is 17.0 Å². The van der Waals surface area contributed by atoms with Crippen molar-refractivity contribution in [3.05, 3.63) is 85.0 Å². The molecule has 0 bridgehead atoms. The van der Waals surface area contributed by atoms with E-state index in [1.54, 1.807) is 6.08 Å². The van der Waals surface area contributed by atoms with E-state index in [-0.39, 0.29) is 28.4 Å². The first-order valence-electron chi connectivity index (χ1n) is 7.22. The molecular weight excluding hydrogens is 355 g/mol. The zero-order valence-electron chi connectivity index (χ0n) is 12.5. The SMILES string of the molecule is Br.C[PH](c1ccccc1)(c1ccccc1)C1C=CC=CC1=O. The second kappa shape index (κ2) is 7.17. The summed E-state index contributed by atoms with van der Waals surface area (Å²) in [5, 5.41) is 2.60. The van der Waals surface area contributed by atoms with Gasteiger partial charge >= 0.3 is 126 Å². The van der Waals surface area contributed by atoms with E-state index in [9.17, 15) is 4.79 Å². The fourth-order valence-electron chi connectivity index (χ4n) is 3.10. The summed E-state index contributed by atoms with van der Waals surface area (Å²) in [7, 11) is -2.15. The van der Waals surface area contributed by atoms with Crippen LogP contribution in [0.4, 0.5) is 0 Å². The number of ketones is 1. The normalized spacial score (nSPS) is 17.9. The van der Waals surface area contributed by atoms with Crippen molar-refractivity contribution in [3.8, 4) is 0 Å². The summed E-state index contributed by atoms with van der Waals surface area (Å²) in [6, 6.07) is 21.0. The third-order valence-corrected chi connectivity index (χ3v) is 9.14. The van der Waals surface area contributed by atoms with Crippen LogP contribution in [0, 0.1) is 0 Å². The van der Waals surface area contributed by atoms with Gasteiger partial charge in [0.05, 0.1) is 0 Å². The molecule has 3 rings (SSSR count). The summed E-state index contributed by atoms with van der Waals surface area (Å²) in [5.41, 5.74) is -0.0349. The molecule has 0 aliphatic heterocycles. The van der Waals surface area contributed by atoms with E-state index in [4.69, 9.17) is 0 Å². The van der Waals surface area contributed by atoms with E-state index in [0.717, 1.165) is 0 Å². The number of carbonyl (C=O) groups is 1. The van der Waals surface area contributed by atoms with E-state index in [0.29, 0.717) is 0 Å². The quantitative estimate of drug-likeness (QED) is 0.749. The first-order chi connectivity index (χ1) is 10.2. The number of halogens is 1. The number of benzene rings is 2. The molecule has 1 atom stereocenters. The molecule has 0 heterocycles. The van der Waals surface area contributed by atoms with Gasteiger partial charge in [-0.3, -0.25) is 0 Å². The summed E-state index contributed by atoms with van der Waals surface area (Å²) in [4.78, 5) is 12.5. The Balaban J connectivity index is 0.00000176. The third kappa shape index (κ3) is 2.99. The van der Waals surface area contributed by atoms with E-state index in [2.05, 4.69) is 61.3 Å². The topological polar surface area (TPSA) is 17.1 Å². The summed E-state index contributed by atoms with van der Waals surface area (Å²) in [6.45, 7) is 2.30. The van der Waals surface area contributed by atoms with Gasteiger partial charge in [0.25, 0.3) is 0 Å². The molecule has 0 amide bonds. The van der Waals surface area contributed by atoms with Gasteiger partial charge < -0.3 is 0 Å². The van der Waals surface area contributed by atoms with Gasteiger partial charge in [-0.25, -0.2) is 0 Å². The van der Waals surface area contributed by atoms with Crippen LogP contribution in [0.15, 0.2) is 85.0 Å². The van der Waals surface area contributed by atoms with Crippen molar-refractivity contribution in [2.24, 2.45) is 0 Å². The predicted molar refractivity (Wildman–Crippen MR) is 104 cm³/mol. The van der Waals surface area contributed by atoms with Gasteiger partial charge in [-0.05, 0) is 0 Å². The Kier molecular flexibility index (Phi) is 5.50. The van der Waals surface area contributed by atoms with Crippen LogP contribution in [-0.4, -0.2) is 18.1 Å². The second-order valence-electron chi connectivity index (χ2n) is 5.56. The van der Waals surface area contributed by atoms with Crippen molar-refractivity contribution in [2.45, 2.75) is 5.66 Å². The Hall–Kier alpha value is -1.50. The van der Waals surface area contributed by atoms with Gasteiger partial charge in [0.1, 0.15) is 0 Å². The molecule has 0 radical (unpaired) electrons. The summed E-state index contributed by atoms with van der Waals surface area (Å²) in [5.74, 6) is 0.222. The first-order valence-corrected chi connectivity index (χ1v) is 9.80. The number of hydrogen-bond donors (Lipinski definition) is 0. The summed E-state index contributed by atoms with van der Waals surface area (Å²) in [6.07, 6.45) is 7.63. The molecule has 1 unspecified atom stereocenters. The fourth-order valence-corrected chi connectivity index (χ4v) is 7.08. The molecular formula is C19H20BrOP. The van der Waals surface area contributed by atoms with Crippen molar-refractivity contribution in [2.75, 3.05) is 6.66 Å². The van der Waals surface area contributed by atoms with Crippen LogP contribution in [0.3, 0.4) is 0 Å². The Bertz CT molecular complexity index is 652. The standard InChI is InChI=1S/C19H19OP.BrH/c1-21(16-10-4-2-5-11-16,17-12-6-3-7-13-17)19-15-9-8-14-18(19)20;/h2-15,19,21H,1H3;1H. The molecule has 1 aliphatic rings. The van der Waals surface area contributed by atoms with Crippen LogP contribution in [-0.2, 0) is 4.79 Å². The van der Waals surface area contributed by atoms with Gasteiger partial charge in [-0.1, -0.05) is 0 Å². The second-order valence-corrected chi connectivity index (χ2v) is 9.74. The summed E-state index contributed by atoms with van der Waals surface area (Å²) < 4.78 is 0. The van der Waals surface area contributed by atoms with Crippen molar-refractivity contribution in [1.29, 1.82) is 0 Å². The number of carbonyl (C=O) groups excluding carboxylic acids is 1. The van der Waals surface area contributed by atoms with E-state index in [1.807, 2.05) is 24.3 Å². The van der Waals surface area contributed by atoms with Crippen LogP contribution in [0.5, 0.6) is 0 Å². The molecule has 1 nitrogen and oxygen atoms in total. The average molecular weight is 375 g/mol. The molecule has 0 saturated heterocycles. The predicted octanol–water partition coefficient (Wildman–Crippen LogP) is 3.66. The monoisotopic (exact) mass is 374 g/mol. The van der Waals surface area contributed by atoms with Crippen LogP contribution < -0.4 is 10.6 Å². The number of rotatable bonds is 3. The Morgan fingerprint density at radius 3 is 1.77 bits per heavy atom. The molecule has 0 saturated carbocycles. The van der Waals surface area contributed by atoms with Gasteiger partial charge in [0.15, 0.2) is 0 Å². The minimum absolute atomic E-state index is 0. The van der Waals surface area contributed by atoms with Gasteiger partial charge in [0.2, 0.25) is 0 Å². The molecule has 2 aromatic rings. The average Bonchev–Trinajstić information content (AvgIpc) is 2.56. The summed E-state index contributed by atoms with van der Waals surface area (Å²) >= 11 is 0. The number of allylic oxidation sites excluding steroid dienone is 4. The van der Waals surface area contributed by atoms with Crippen LogP contribution in [0.1, 0.15) is 0 Å². The van der Waals surface area contributed by atoms with E-state index in [1.165, 1.54) is 10.6 Å². The maximum atomic E-state index is 12.5. The molecule has 0 N–H and O–H groups in total. The number of hydrogen-bond acceptors (Lipinski definition) is 1. The molecule has 114 valence electrons. The van der Waals surface area contributed by atoms with Gasteiger partial charge in [-0.2, -0.15) is 0 Å². The zero-order valence-corrected chi connectivity index (χ0v) is 15.2. The van der Waals surface area contributed by atoms with E-state index < -0.39 is 7.26 Å². The van der Waals surface area contributed by atoms with Crippen molar-refractivity contribution < 1.29 is 4.79 Å². The van der Waals surface area contributed by atoms with Crippen molar-refractivity contribution in [3.63, 3.8) is 0 Å². The minimum atomic E-state index is -2.15.